The highest BCUT2D eigenvalue weighted by atomic mass is 35.5. The number of hydrogen-bond donors (Lipinski definition) is 1. The standard InChI is InChI=1S/C12H16N2O2.ClH/c1-9-8-16-6-5-14(9)12(15)10-3-2-4-11(13)7-10;/h2-4,7,9H,5-6,8,13H2,1H3;1H. The molecule has 1 aromatic rings. The van der Waals surface area contributed by atoms with Crippen LogP contribution in [-0.4, -0.2) is 36.6 Å². The Morgan fingerprint density at radius 3 is 2.94 bits per heavy atom. The average Bonchev–Trinajstić information content (AvgIpc) is 2.29. The number of ether oxygens (including phenoxy) is 1. The number of halogens is 1. The molecule has 1 atom stereocenters. The topological polar surface area (TPSA) is 55.6 Å². The second kappa shape index (κ2) is 5.89. The lowest BCUT2D eigenvalue weighted by molar-refractivity contribution is 0.00360. The van der Waals surface area contributed by atoms with Gasteiger partial charge in [-0.1, -0.05) is 6.07 Å². The van der Waals surface area contributed by atoms with Gasteiger partial charge in [0.1, 0.15) is 0 Å². The van der Waals surface area contributed by atoms with Gasteiger partial charge in [-0.25, -0.2) is 0 Å². The second-order valence-corrected chi connectivity index (χ2v) is 4.05. The van der Waals surface area contributed by atoms with Crippen molar-refractivity contribution in [2.24, 2.45) is 0 Å². The van der Waals surface area contributed by atoms with Crippen LogP contribution in [0.1, 0.15) is 17.3 Å². The molecule has 0 radical (unpaired) electrons. The Balaban J connectivity index is 0.00000144. The van der Waals surface area contributed by atoms with E-state index in [0.717, 1.165) is 0 Å². The molecule has 5 heteroatoms. The van der Waals surface area contributed by atoms with E-state index in [4.69, 9.17) is 10.5 Å². The molecule has 1 saturated heterocycles. The third kappa shape index (κ3) is 3.11. The van der Waals surface area contributed by atoms with E-state index < -0.39 is 0 Å². The predicted molar refractivity (Wildman–Crippen MR) is 69.4 cm³/mol. The Morgan fingerprint density at radius 1 is 1.53 bits per heavy atom. The molecule has 94 valence electrons. The fourth-order valence-electron chi connectivity index (χ4n) is 1.87. The van der Waals surface area contributed by atoms with E-state index in [0.29, 0.717) is 31.0 Å². The number of rotatable bonds is 1. The molecular weight excluding hydrogens is 240 g/mol. The molecule has 1 aromatic carbocycles. The Kier molecular flexibility index (Phi) is 4.78. The Bertz CT molecular complexity index is 398. The minimum absolute atomic E-state index is 0. The molecule has 2 rings (SSSR count). The smallest absolute Gasteiger partial charge is 0.254 e. The van der Waals surface area contributed by atoms with Crippen molar-refractivity contribution in [2.75, 3.05) is 25.5 Å². The molecule has 1 fully saturated rings. The van der Waals surface area contributed by atoms with Gasteiger partial charge >= 0.3 is 0 Å². The van der Waals surface area contributed by atoms with Gasteiger partial charge in [0.2, 0.25) is 0 Å². The van der Waals surface area contributed by atoms with Crippen molar-refractivity contribution in [3.63, 3.8) is 0 Å². The van der Waals surface area contributed by atoms with Gasteiger partial charge < -0.3 is 15.4 Å². The Labute approximate surface area is 107 Å². The zero-order valence-electron chi connectivity index (χ0n) is 9.76. The maximum atomic E-state index is 12.2. The van der Waals surface area contributed by atoms with Gasteiger partial charge in [0, 0.05) is 17.8 Å². The van der Waals surface area contributed by atoms with Crippen LogP contribution in [0.15, 0.2) is 24.3 Å². The molecule has 1 heterocycles. The fourth-order valence-corrected chi connectivity index (χ4v) is 1.87. The van der Waals surface area contributed by atoms with Gasteiger partial charge in [-0.2, -0.15) is 0 Å². The number of carbonyl (C=O) groups excluding carboxylic acids is 1. The monoisotopic (exact) mass is 256 g/mol. The first-order valence-corrected chi connectivity index (χ1v) is 5.43. The maximum absolute atomic E-state index is 12.2. The summed E-state index contributed by atoms with van der Waals surface area (Å²) in [5, 5.41) is 0. The highest BCUT2D eigenvalue weighted by molar-refractivity contribution is 5.95. The maximum Gasteiger partial charge on any atom is 0.254 e. The molecule has 1 aliphatic heterocycles. The van der Waals surface area contributed by atoms with Crippen molar-refractivity contribution in [3.8, 4) is 0 Å². The van der Waals surface area contributed by atoms with Gasteiger partial charge in [-0.15, -0.1) is 12.4 Å². The number of carbonyl (C=O) groups is 1. The summed E-state index contributed by atoms with van der Waals surface area (Å²) < 4.78 is 5.30. The summed E-state index contributed by atoms with van der Waals surface area (Å²) in [5.41, 5.74) is 6.93. The molecule has 1 amide bonds. The number of hydrogen-bond acceptors (Lipinski definition) is 3. The largest absolute Gasteiger partial charge is 0.399 e. The summed E-state index contributed by atoms with van der Waals surface area (Å²) in [6.07, 6.45) is 0. The number of nitrogen functional groups attached to an aromatic ring is 1. The van der Waals surface area contributed by atoms with E-state index in [1.165, 1.54) is 0 Å². The first-order chi connectivity index (χ1) is 7.68. The van der Waals surface area contributed by atoms with E-state index in [2.05, 4.69) is 0 Å². The molecule has 1 aliphatic rings. The van der Waals surface area contributed by atoms with E-state index >= 15 is 0 Å². The van der Waals surface area contributed by atoms with Crippen molar-refractivity contribution < 1.29 is 9.53 Å². The van der Waals surface area contributed by atoms with Gasteiger partial charge in [-0.05, 0) is 25.1 Å². The highest BCUT2D eigenvalue weighted by Gasteiger charge is 2.24. The van der Waals surface area contributed by atoms with Gasteiger partial charge in [0.25, 0.3) is 5.91 Å². The normalized spacial score (nSPS) is 19.6. The van der Waals surface area contributed by atoms with Crippen LogP contribution >= 0.6 is 12.4 Å². The Morgan fingerprint density at radius 2 is 2.29 bits per heavy atom. The molecule has 0 aromatic heterocycles. The first-order valence-electron chi connectivity index (χ1n) is 5.43. The molecule has 4 nitrogen and oxygen atoms in total. The summed E-state index contributed by atoms with van der Waals surface area (Å²) in [7, 11) is 0. The van der Waals surface area contributed by atoms with Crippen LogP contribution in [0.25, 0.3) is 0 Å². The molecular formula is C12H17ClN2O2. The number of nitrogens with two attached hydrogens (primary N) is 1. The van der Waals surface area contributed by atoms with E-state index in [-0.39, 0.29) is 24.4 Å². The van der Waals surface area contributed by atoms with Crippen molar-refractivity contribution in [2.45, 2.75) is 13.0 Å². The number of morpholine rings is 1. The van der Waals surface area contributed by atoms with Gasteiger partial charge in [-0.3, -0.25) is 4.79 Å². The van der Waals surface area contributed by atoms with Crippen LogP contribution in [0.5, 0.6) is 0 Å². The lowest BCUT2D eigenvalue weighted by Gasteiger charge is -2.33. The van der Waals surface area contributed by atoms with Crippen molar-refractivity contribution in [3.05, 3.63) is 29.8 Å². The average molecular weight is 257 g/mol. The van der Waals surface area contributed by atoms with Gasteiger partial charge in [0.15, 0.2) is 0 Å². The van der Waals surface area contributed by atoms with Crippen LogP contribution in [0.4, 0.5) is 5.69 Å². The van der Waals surface area contributed by atoms with Crippen molar-refractivity contribution >= 4 is 24.0 Å². The summed E-state index contributed by atoms with van der Waals surface area (Å²) in [6, 6.07) is 7.21. The minimum atomic E-state index is 0. The summed E-state index contributed by atoms with van der Waals surface area (Å²) in [4.78, 5) is 14.0. The zero-order chi connectivity index (χ0) is 11.5. The van der Waals surface area contributed by atoms with Crippen LogP contribution in [0, 0.1) is 0 Å². The van der Waals surface area contributed by atoms with Gasteiger partial charge in [0.05, 0.1) is 19.3 Å². The number of benzene rings is 1. The molecule has 0 saturated carbocycles. The van der Waals surface area contributed by atoms with E-state index in [9.17, 15) is 4.79 Å². The number of nitrogens with zero attached hydrogens (tertiary/aromatic N) is 1. The summed E-state index contributed by atoms with van der Waals surface area (Å²) in [5.74, 6) is 0.0306. The third-order valence-electron chi connectivity index (χ3n) is 2.76. The number of amides is 1. The number of anilines is 1. The molecule has 0 spiro atoms. The molecule has 0 aliphatic carbocycles. The van der Waals surface area contributed by atoms with Crippen LogP contribution in [0.3, 0.4) is 0 Å². The lowest BCUT2D eigenvalue weighted by Crippen LogP contribution is -2.47. The molecule has 1 unspecified atom stereocenters. The lowest BCUT2D eigenvalue weighted by atomic mass is 10.1. The summed E-state index contributed by atoms with van der Waals surface area (Å²) in [6.45, 7) is 3.85. The van der Waals surface area contributed by atoms with Crippen molar-refractivity contribution in [1.82, 2.24) is 4.90 Å². The van der Waals surface area contributed by atoms with E-state index in [1.807, 2.05) is 11.8 Å². The SMILES string of the molecule is CC1COCCN1C(=O)c1cccc(N)c1.Cl. The Hall–Kier alpha value is -1.26. The van der Waals surface area contributed by atoms with E-state index in [1.54, 1.807) is 24.3 Å². The highest BCUT2D eigenvalue weighted by Crippen LogP contribution is 2.14. The first kappa shape index (κ1) is 13.8. The minimum Gasteiger partial charge on any atom is -0.399 e. The summed E-state index contributed by atoms with van der Waals surface area (Å²) >= 11 is 0. The van der Waals surface area contributed by atoms with Crippen LogP contribution in [-0.2, 0) is 4.74 Å². The molecule has 0 bridgehead atoms. The fraction of sp³-hybridized carbons (Fsp3) is 0.417. The zero-order valence-corrected chi connectivity index (χ0v) is 10.6. The second-order valence-electron chi connectivity index (χ2n) is 4.05. The van der Waals surface area contributed by atoms with Crippen molar-refractivity contribution in [1.29, 1.82) is 0 Å². The third-order valence-corrected chi connectivity index (χ3v) is 2.76. The molecule has 17 heavy (non-hydrogen) atoms. The van der Waals surface area contributed by atoms with Crippen LogP contribution < -0.4 is 5.73 Å². The molecule has 2 N–H and O–H groups in total. The quantitative estimate of drug-likeness (QED) is 0.776. The van der Waals surface area contributed by atoms with Crippen LogP contribution in [0.2, 0.25) is 0 Å². The predicted octanol–water partition coefficient (Wildman–Crippen LogP) is 1.55.